The molecule has 0 aliphatic rings. The molecule has 2 rings (SSSR count). The number of benzene rings is 2. The summed E-state index contributed by atoms with van der Waals surface area (Å²) < 4.78 is 5.58. The number of aryl methyl sites for hydroxylation is 1. The van der Waals surface area contributed by atoms with E-state index in [4.69, 9.17) is 15.1 Å². The maximum absolute atomic E-state index is 11.1. The van der Waals surface area contributed by atoms with E-state index >= 15 is 0 Å². The topological polar surface area (TPSA) is 70.3 Å². The summed E-state index contributed by atoms with van der Waals surface area (Å²) in [5.74, 6) is -0.723. The fourth-order valence-corrected chi connectivity index (χ4v) is 1.84. The lowest BCUT2D eigenvalue weighted by Crippen LogP contribution is -2.04. The molecule has 0 aliphatic heterocycles. The maximum atomic E-state index is 11.1. The molecule has 100 valence electrons. The zero-order chi connectivity index (χ0) is 14.5. The second-order valence-corrected chi connectivity index (χ2v) is 4.36. The first-order chi connectivity index (χ1) is 9.61. The van der Waals surface area contributed by atoms with Gasteiger partial charge in [-0.05, 0) is 30.7 Å². The molecular weight excluding hydrogens is 254 g/mol. The third-order valence-electron chi connectivity index (χ3n) is 2.89. The van der Waals surface area contributed by atoms with E-state index in [-0.39, 0.29) is 12.2 Å². The number of carbonyl (C=O) groups is 1. The van der Waals surface area contributed by atoms with Gasteiger partial charge in [-0.15, -0.1) is 0 Å². The van der Waals surface area contributed by atoms with Crippen LogP contribution in [-0.2, 0) is 6.61 Å². The second-order valence-electron chi connectivity index (χ2n) is 4.36. The predicted octanol–water partition coefficient (Wildman–Crippen LogP) is 3.14. The summed E-state index contributed by atoms with van der Waals surface area (Å²) in [7, 11) is 0. The number of nitrogens with zero attached hydrogens (tertiary/aromatic N) is 1. The van der Waals surface area contributed by atoms with Crippen LogP contribution in [0.1, 0.15) is 27.0 Å². The minimum Gasteiger partial charge on any atom is -0.488 e. The molecule has 20 heavy (non-hydrogen) atoms. The summed E-state index contributed by atoms with van der Waals surface area (Å²) in [6.45, 7) is 2.02. The van der Waals surface area contributed by atoms with Gasteiger partial charge < -0.3 is 9.84 Å². The van der Waals surface area contributed by atoms with Crippen molar-refractivity contribution >= 4 is 5.97 Å². The molecule has 0 heterocycles. The highest BCUT2D eigenvalue weighted by molar-refractivity contribution is 5.90. The molecule has 0 unspecified atom stereocenters. The van der Waals surface area contributed by atoms with Gasteiger partial charge in [-0.2, -0.15) is 5.26 Å². The van der Waals surface area contributed by atoms with Crippen LogP contribution in [0.15, 0.2) is 42.5 Å². The molecule has 0 aliphatic carbocycles. The van der Waals surface area contributed by atoms with E-state index in [1.165, 1.54) is 6.07 Å². The van der Waals surface area contributed by atoms with Gasteiger partial charge in [-0.3, -0.25) is 0 Å². The van der Waals surface area contributed by atoms with Gasteiger partial charge in [0.25, 0.3) is 0 Å². The van der Waals surface area contributed by atoms with Crippen LogP contribution in [-0.4, -0.2) is 11.1 Å². The Balaban J connectivity index is 2.25. The van der Waals surface area contributed by atoms with Crippen molar-refractivity contribution in [3.8, 4) is 11.8 Å². The van der Waals surface area contributed by atoms with Crippen molar-refractivity contribution in [3.05, 3.63) is 64.7 Å². The minimum atomic E-state index is -1.03. The summed E-state index contributed by atoms with van der Waals surface area (Å²) >= 11 is 0. The van der Waals surface area contributed by atoms with Gasteiger partial charge in [0.1, 0.15) is 17.9 Å². The molecule has 0 saturated heterocycles. The summed E-state index contributed by atoms with van der Waals surface area (Å²) in [5.41, 5.74) is 2.29. The third kappa shape index (κ3) is 2.96. The molecule has 0 amide bonds. The summed E-state index contributed by atoms with van der Waals surface area (Å²) in [4.78, 5) is 11.1. The highest BCUT2D eigenvalue weighted by Crippen LogP contribution is 2.22. The lowest BCUT2D eigenvalue weighted by Gasteiger charge is -2.10. The van der Waals surface area contributed by atoms with Crippen LogP contribution in [0.5, 0.6) is 5.75 Å². The Kier molecular flexibility index (Phi) is 4.02. The van der Waals surface area contributed by atoms with Gasteiger partial charge in [0.05, 0.1) is 11.6 Å². The molecule has 0 atom stereocenters. The number of hydrogen-bond acceptors (Lipinski definition) is 3. The van der Waals surface area contributed by atoms with E-state index in [2.05, 4.69) is 6.07 Å². The van der Waals surface area contributed by atoms with Gasteiger partial charge in [-0.25, -0.2) is 4.79 Å². The number of rotatable bonds is 4. The summed E-state index contributed by atoms with van der Waals surface area (Å²) in [6.07, 6.45) is 0. The molecule has 0 aromatic heterocycles. The molecule has 0 radical (unpaired) electrons. The largest absolute Gasteiger partial charge is 0.488 e. The summed E-state index contributed by atoms with van der Waals surface area (Å²) in [5, 5.41) is 18.1. The first-order valence-corrected chi connectivity index (χ1v) is 6.06. The summed E-state index contributed by atoms with van der Waals surface area (Å²) in [6, 6.07) is 14.1. The zero-order valence-corrected chi connectivity index (χ0v) is 11.0. The number of carboxylic acids is 1. The maximum Gasteiger partial charge on any atom is 0.339 e. The van der Waals surface area contributed by atoms with Crippen molar-refractivity contribution < 1.29 is 14.6 Å². The zero-order valence-electron chi connectivity index (χ0n) is 11.0. The quantitative estimate of drug-likeness (QED) is 0.923. The van der Waals surface area contributed by atoms with Crippen LogP contribution < -0.4 is 4.74 Å². The van der Waals surface area contributed by atoms with Gasteiger partial charge in [0.2, 0.25) is 0 Å². The Labute approximate surface area is 116 Å². The van der Waals surface area contributed by atoms with Crippen LogP contribution in [0.3, 0.4) is 0 Å². The second kappa shape index (κ2) is 5.89. The van der Waals surface area contributed by atoms with Crippen LogP contribution in [0.4, 0.5) is 0 Å². The van der Waals surface area contributed by atoms with Crippen molar-refractivity contribution in [2.45, 2.75) is 13.5 Å². The minimum absolute atomic E-state index is 0.116. The Morgan fingerprint density at radius 3 is 2.75 bits per heavy atom. The van der Waals surface area contributed by atoms with Crippen LogP contribution in [0.2, 0.25) is 0 Å². The van der Waals surface area contributed by atoms with E-state index in [1.54, 1.807) is 30.3 Å². The number of nitriles is 1. The molecule has 4 heteroatoms. The molecule has 0 fully saturated rings. The fourth-order valence-electron chi connectivity index (χ4n) is 1.84. The highest BCUT2D eigenvalue weighted by atomic mass is 16.5. The monoisotopic (exact) mass is 267 g/mol. The Morgan fingerprint density at radius 1 is 1.30 bits per heavy atom. The normalized spacial score (nSPS) is 9.80. The van der Waals surface area contributed by atoms with Gasteiger partial charge in [0.15, 0.2) is 0 Å². The van der Waals surface area contributed by atoms with Crippen molar-refractivity contribution in [3.63, 3.8) is 0 Å². The van der Waals surface area contributed by atoms with Crippen LogP contribution >= 0.6 is 0 Å². The molecule has 0 spiro atoms. The lowest BCUT2D eigenvalue weighted by atomic mass is 10.1. The van der Waals surface area contributed by atoms with Gasteiger partial charge >= 0.3 is 5.97 Å². The molecule has 2 aromatic rings. The Hall–Kier alpha value is -2.80. The van der Waals surface area contributed by atoms with Crippen molar-refractivity contribution in [1.29, 1.82) is 5.26 Å². The fraction of sp³-hybridized carbons (Fsp3) is 0.125. The van der Waals surface area contributed by atoms with Crippen molar-refractivity contribution in [1.82, 2.24) is 0 Å². The molecule has 2 aromatic carbocycles. The first-order valence-electron chi connectivity index (χ1n) is 6.06. The van der Waals surface area contributed by atoms with E-state index in [0.717, 1.165) is 11.1 Å². The first kappa shape index (κ1) is 13.6. The third-order valence-corrected chi connectivity index (χ3v) is 2.89. The molecule has 1 N–H and O–H groups in total. The highest BCUT2D eigenvalue weighted by Gasteiger charge is 2.12. The number of aromatic carboxylic acids is 1. The number of hydrogen-bond donors (Lipinski definition) is 1. The average Bonchev–Trinajstić information content (AvgIpc) is 2.45. The SMILES string of the molecule is Cc1ccc(C(=O)O)c(OCc2ccccc2C#N)c1. The van der Waals surface area contributed by atoms with Crippen molar-refractivity contribution in [2.75, 3.05) is 0 Å². The molecule has 4 nitrogen and oxygen atoms in total. The van der Waals surface area contributed by atoms with E-state index in [0.29, 0.717) is 11.3 Å². The van der Waals surface area contributed by atoms with Crippen LogP contribution in [0, 0.1) is 18.3 Å². The van der Waals surface area contributed by atoms with E-state index in [1.807, 2.05) is 13.0 Å². The molecular formula is C16H13NO3. The average molecular weight is 267 g/mol. The van der Waals surface area contributed by atoms with E-state index < -0.39 is 5.97 Å². The van der Waals surface area contributed by atoms with Gasteiger partial charge in [0, 0.05) is 5.56 Å². The van der Waals surface area contributed by atoms with Gasteiger partial charge in [-0.1, -0.05) is 24.3 Å². The number of carboxylic acid groups (broad SMARTS) is 1. The lowest BCUT2D eigenvalue weighted by molar-refractivity contribution is 0.0692. The van der Waals surface area contributed by atoms with Crippen LogP contribution in [0.25, 0.3) is 0 Å². The molecule has 0 bridgehead atoms. The van der Waals surface area contributed by atoms with E-state index in [9.17, 15) is 4.79 Å². The molecule has 0 saturated carbocycles. The number of ether oxygens (including phenoxy) is 1. The van der Waals surface area contributed by atoms with Crippen molar-refractivity contribution in [2.24, 2.45) is 0 Å². The predicted molar refractivity (Wildman–Crippen MR) is 73.6 cm³/mol. The Morgan fingerprint density at radius 2 is 2.05 bits per heavy atom. The smallest absolute Gasteiger partial charge is 0.339 e. The Bertz CT molecular complexity index is 686. The standard InChI is InChI=1S/C16H13NO3/c1-11-6-7-14(16(18)19)15(8-11)20-10-13-5-3-2-4-12(13)9-17/h2-8H,10H2,1H3,(H,18,19).